The van der Waals surface area contributed by atoms with E-state index in [0.29, 0.717) is 5.91 Å². The van der Waals surface area contributed by atoms with Crippen molar-refractivity contribution in [3.05, 3.63) is 35.9 Å². The third-order valence-corrected chi connectivity index (χ3v) is 4.96. The molecule has 0 atom stereocenters. The number of amides is 1. The maximum Gasteiger partial charge on any atom is 0.226 e. The van der Waals surface area contributed by atoms with Crippen LogP contribution in [0.15, 0.2) is 30.3 Å². The Morgan fingerprint density at radius 2 is 1.77 bits per heavy atom. The molecular weight excluding hydrogens is 272 g/mol. The highest BCUT2D eigenvalue weighted by atomic mass is 16.2. The molecule has 2 rings (SSSR count). The summed E-state index contributed by atoms with van der Waals surface area (Å²) in [6, 6.07) is 10.7. The molecule has 0 bridgehead atoms. The standard InChI is InChI=1S/C19H30N2O/c1-3-21(4-2)19(22)18-12-15-20(16-13-18)14-8-11-17-9-6-5-7-10-17/h5-7,9-10,18H,3-4,8,11-16H2,1-2H3/p+1. The van der Waals surface area contributed by atoms with Crippen LogP contribution < -0.4 is 4.90 Å². The van der Waals surface area contributed by atoms with Gasteiger partial charge >= 0.3 is 0 Å². The van der Waals surface area contributed by atoms with Gasteiger partial charge in [0, 0.05) is 38.3 Å². The van der Waals surface area contributed by atoms with Crippen LogP contribution in [-0.2, 0) is 11.2 Å². The average molecular weight is 303 g/mol. The van der Waals surface area contributed by atoms with E-state index in [0.717, 1.165) is 39.0 Å². The number of carbonyl (C=O) groups is 1. The van der Waals surface area contributed by atoms with Crippen molar-refractivity contribution in [3.63, 3.8) is 0 Å². The van der Waals surface area contributed by atoms with Crippen molar-refractivity contribution in [2.75, 3.05) is 32.7 Å². The summed E-state index contributed by atoms with van der Waals surface area (Å²) in [5.41, 5.74) is 1.44. The van der Waals surface area contributed by atoms with Gasteiger partial charge in [0.25, 0.3) is 0 Å². The molecule has 1 aliphatic rings. The van der Waals surface area contributed by atoms with Crippen molar-refractivity contribution >= 4 is 5.91 Å². The molecule has 1 N–H and O–H groups in total. The molecule has 0 unspecified atom stereocenters. The van der Waals surface area contributed by atoms with Crippen LogP contribution in [0.5, 0.6) is 0 Å². The second kappa shape index (κ2) is 8.94. The minimum absolute atomic E-state index is 0.276. The van der Waals surface area contributed by atoms with Crippen LogP contribution in [0.25, 0.3) is 0 Å². The highest BCUT2D eigenvalue weighted by Gasteiger charge is 2.29. The van der Waals surface area contributed by atoms with Crippen LogP contribution in [0, 0.1) is 5.92 Å². The van der Waals surface area contributed by atoms with Crippen molar-refractivity contribution in [3.8, 4) is 0 Å². The Hall–Kier alpha value is -1.35. The fourth-order valence-electron chi connectivity index (χ4n) is 3.50. The van der Waals surface area contributed by atoms with Gasteiger partial charge in [0.05, 0.1) is 19.6 Å². The highest BCUT2D eigenvalue weighted by molar-refractivity contribution is 5.78. The van der Waals surface area contributed by atoms with Gasteiger partial charge in [-0.2, -0.15) is 0 Å². The largest absolute Gasteiger partial charge is 0.343 e. The first-order chi connectivity index (χ1) is 10.7. The van der Waals surface area contributed by atoms with Crippen molar-refractivity contribution in [1.29, 1.82) is 0 Å². The molecule has 3 nitrogen and oxygen atoms in total. The average Bonchev–Trinajstić information content (AvgIpc) is 2.57. The lowest BCUT2D eigenvalue weighted by Crippen LogP contribution is -3.13. The van der Waals surface area contributed by atoms with E-state index in [1.807, 2.05) is 4.90 Å². The Morgan fingerprint density at radius 1 is 1.14 bits per heavy atom. The van der Waals surface area contributed by atoms with E-state index < -0.39 is 0 Å². The molecule has 1 aliphatic heterocycles. The highest BCUT2D eigenvalue weighted by Crippen LogP contribution is 2.13. The summed E-state index contributed by atoms with van der Waals surface area (Å²) in [7, 11) is 0. The Balaban J connectivity index is 1.68. The minimum Gasteiger partial charge on any atom is -0.343 e. The Labute approximate surface area is 135 Å². The van der Waals surface area contributed by atoms with Crippen molar-refractivity contribution in [2.45, 2.75) is 39.5 Å². The molecule has 0 aliphatic carbocycles. The maximum absolute atomic E-state index is 12.4. The number of hydrogen-bond donors (Lipinski definition) is 1. The molecule has 1 heterocycles. The lowest BCUT2D eigenvalue weighted by atomic mass is 9.95. The van der Waals surface area contributed by atoms with Crippen LogP contribution in [0.3, 0.4) is 0 Å². The molecule has 0 radical (unpaired) electrons. The molecule has 0 spiro atoms. The summed E-state index contributed by atoms with van der Waals surface area (Å²) >= 11 is 0. The predicted octanol–water partition coefficient (Wildman–Crippen LogP) is 1.78. The van der Waals surface area contributed by atoms with Gasteiger partial charge in [0.1, 0.15) is 0 Å². The lowest BCUT2D eigenvalue weighted by Gasteiger charge is -2.31. The topological polar surface area (TPSA) is 24.8 Å². The molecule has 1 fully saturated rings. The molecule has 1 saturated heterocycles. The van der Waals surface area contributed by atoms with Gasteiger partial charge in [0.2, 0.25) is 5.91 Å². The van der Waals surface area contributed by atoms with Crippen LogP contribution in [0.2, 0.25) is 0 Å². The van der Waals surface area contributed by atoms with Crippen molar-refractivity contribution in [2.24, 2.45) is 5.92 Å². The Morgan fingerprint density at radius 3 is 2.36 bits per heavy atom. The SMILES string of the molecule is CCN(CC)C(=O)C1CC[NH+](CCCc2ccccc2)CC1. The van der Waals surface area contributed by atoms with Gasteiger partial charge in [-0.25, -0.2) is 0 Å². The number of benzene rings is 1. The fraction of sp³-hybridized carbons (Fsp3) is 0.632. The molecule has 3 heteroatoms. The van der Waals surface area contributed by atoms with Crippen LogP contribution in [-0.4, -0.2) is 43.5 Å². The molecule has 1 aromatic carbocycles. The molecule has 122 valence electrons. The molecule has 0 aromatic heterocycles. The second-order valence-electron chi connectivity index (χ2n) is 6.37. The number of aryl methyl sites for hydroxylation is 1. The van der Waals surface area contributed by atoms with E-state index in [2.05, 4.69) is 44.2 Å². The fourth-order valence-corrected chi connectivity index (χ4v) is 3.50. The smallest absolute Gasteiger partial charge is 0.226 e. The van der Waals surface area contributed by atoms with Crippen LogP contribution >= 0.6 is 0 Å². The maximum atomic E-state index is 12.4. The third-order valence-electron chi connectivity index (χ3n) is 4.96. The van der Waals surface area contributed by atoms with Crippen molar-refractivity contribution in [1.82, 2.24) is 4.90 Å². The molecule has 0 saturated carbocycles. The molecule has 1 aromatic rings. The first kappa shape index (κ1) is 17.0. The zero-order valence-corrected chi connectivity index (χ0v) is 14.2. The number of quaternary nitrogens is 1. The summed E-state index contributed by atoms with van der Waals surface area (Å²) in [6.45, 7) is 9.40. The normalized spacial score (nSPS) is 21.5. The number of carbonyl (C=O) groups excluding carboxylic acids is 1. The van der Waals surface area contributed by atoms with E-state index in [1.165, 1.54) is 24.9 Å². The number of hydrogen-bond acceptors (Lipinski definition) is 1. The quantitative estimate of drug-likeness (QED) is 0.816. The number of nitrogens with one attached hydrogen (secondary N) is 1. The number of likely N-dealkylation sites (tertiary alicyclic amines) is 1. The van der Waals surface area contributed by atoms with Crippen LogP contribution in [0.4, 0.5) is 0 Å². The minimum atomic E-state index is 0.276. The van der Waals surface area contributed by atoms with Gasteiger partial charge in [-0.05, 0) is 25.8 Å². The summed E-state index contributed by atoms with van der Waals surface area (Å²) in [5, 5.41) is 0. The van der Waals surface area contributed by atoms with E-state index >= 15 is 0 Å². The van der Waals surface area contributed by atoms with Gasteiger partial charge in [-0.15, -0.1) is 0 Å². The predicted molar refractivity (Wildman–Crippen MR) is 91.0 cm³/mol. The zero-order valence-electron chi connectivity index (χ0n) is 14.2. The second-order valence-corrected chi connectivity index (χ2v) is 6.37. The van der Waals surface area contributed by atoms with Gasteiger partial charge in [-0.1, -0.05) is 30.3 Å². The van der Waals surface area contributed by atoms with E-state index in [4.69, 9.17) is 0 Å². The number of rotatable bonds is 7. The zero-order chi connectivity index (χ0) is 15.8. The Kier molecular flexibility index (Phi) is 6.91. The summed E-state index contributed by atoms with van der Waals surface area (Å²) in [5.74, 6) is 0.658. The van der Waals surface area contributed by atoms with E-state index in [9.17, 15) is 4.79 Å². The Bertz CT molecular complexity index is 434. The number of piperidine rings is 1. The molecule has 1 amide bonds. The summed E-state index contributed by atoms with van der Waals surface area (Å²) < 4.78 is 0. The first-order valence-electron chi connectivity index (χ1n) is 8.90. The third kappa shape index (κ3) is 4.84. The van der Waals surface area contributed by atoms with Gasteiger partial charge in [0.15, 0.2) is 0 Å². The molecular formula is C19H31N2O+. The summed E-state index contributed by atoms with van der Waals surface area (Å²) in [4.78, 5) is 16.1. The lowest BCUT2D eigenvalue weighted by molar-refractivity contribution is -0.906. The number of nitrogens with zero attached hydrogens (tertiary/aromatic N) is 1. The van der Waals surface area contributed by atoms with Gasteiger partial charge < -0.3 is 9.80 Å². The monoisotopic (exact) mass is 303 g/mol. The first-order valence-corrected chi connectivity index (χ1v) is 8.90. The summed E-state index contributed by atoms with van der Waals surface area (Å²) in [6.07, 6.45) is 4.55. The van der Waals surface area contributed by atoms with E-state index in [-0.39, 0.29) is 5.92 Å². The van der Waals surface area contributed by atoms with E-state index in [1.54, 1.807) is 4.90 Å². The van der Waals surface area contributed by atoms with Crippen LogP contribution in [0.1, 0.15) is 38.7 Å². The van der Waals surface area contributed by atoms with Crippen molar-refractivity contribution < 1.29 is 9.69 Å². The van der Waals surface area contributed by atoms with Gasteiger partial charge in [-0.3, -0.25) is 4.79 Å². The molecule has 22 heavy (non-hydrogen) atoms.